The second-order valence-corrected chi connectivity index (χ2v) is 7.12. The zero-order valence-corrected chi connectivity index (χ0v) is 12.2. The maximum absolute atomic E-state index is 12.4. The standard InChI is InChI=1S/C11H13Cl2NO4S/c12-9-5-8(6-10(13)11(9)16)19(17,18)14-3-1-7(15)2-4-14/h5-7,15-16H,1-4H2. The van der Waals surface area contributed by atoms with E-state index in [1.807, 2.05) is 0 Å². The van der Waals surface area contributed by atoms with Gasteiger partial charge in [-0.2, -0.15) is 4.31 Å². The lowest BCUT2D eigenvalue weighted by Gasteiger charge is -2.28. The molecule has 1 aromatic carbocycles. The normalized spacial score (nSPS) is 18.7. The Kier molecular flexibility index (Phi) is 4.27. The summed E-state index contributed by atoms with van der Waals surface area (Å²) in [5.74, 6) is -0.337. The zero-order chi connectivity index (χ0) is 14.2. The molecule has 1 fully saturated rings. The highest BCUT2D eigenvalue weighted by atomic mass is 35.5. The van der Waals surface area contributed by atoms with E-state index in [2.05, 4.69) is 0 Å². The molecule has 1 aliphatic heterocycles. The van der Waals surface area contributed by atoms with Gasteiger partial charge in [0.2, 0.25) is 10.0 Å². The summed E-state index contributed by atoms with van der Waals surface area (Å²) < 4.78 is 26.0. The van der Waals surface area contributed by atoms with Gasteiger partial charge < -0.3 is 10.2 Å². The minimum absolute atomic E-state index is 0.0586. The molecule has 1 saturated heterocycles. The minimum atomic E-state index is -3.70. The van der Waals surface area contributed by atoms with Gasteiger partial charge >= 0.3 is 0 Å². The molecule has 1 heterocycles. The molecule has 0 saturated carbocycles. The molecular formula is C11H13Cl2NO4S. The Bertz CT molecular complexity index is 559. The molecule has 0 atom stereocenters. The van der Waals surface area contributed by atoms with Crippen LogP contribution in [0.3, 0.4) is 0 Å². The van der Waals surface area contributed by atoms with Gasteiger partial charge in [-0.1, -0.05) is 23.2 Å². The molecule has 0 aromatic heterocycles. The monoisotopic (exact) mass is 325 g/mol. The fourth-order valence-corrected chi connectivity index (χ4v) is 4.06. The predicted octanol–water partition coefficient (Wildman–Crippen LogP) is 1.84. The summed E-state index contributed by atoms with van der Waals surface area (Å²) in [6.45, 7) is 0.499. The SMILES string of the molecule is O=S(=O)(c1cc(Cl)c(O)c(Cl)c1)N1CCC(O)CC1. The second kappa shape index (κ2) is 5.46. The Hall–Kier alpha value is -0.530. The summed E-state index contributed by atoms with van der Waals surface area (Å²) in [7, 11) is -3.70. The van der Waals surface area contributed by atoms with Crippen LogP contribution in [0.15, 0.2) is 17.0 Å². The summed E-state index contributed by atoms with van der Waals surface area (Å²) in [5, 5.41) is 18.6. The van der Waals surface area contributed by atoms with Gasteiger partial charge in [0, 0.05) is 13.1 Å². The lowest BCUT2D eigenvalue weighted by atomic mass is 10.1. The molecule has 0 bridgehead atoms. The largest absolute Gasteiger partial charge is 0.505 e. The van der Waals surface area contributed by atoms with Crippen LogP contribution in [0.4, 0.5) is 0 Å². The molecule has 2 rings (SSSR count). The Morgan fingerprint density at radius 3 is 2.11 bits per heavy atom. The number of phenols is 1. The van der Waals surface area contributed by atoms with Crippen LogP contribution in [0, 0.1) is 0 Å². The lowest BCUT2D eigenvalue weighted by molar-refractivity contribution is 0.113. The summed E-state index contributed by atoms with van der Waals surface area (Å²) in [5.41, 5.74) is 0. The first kappa shape index (κ1) is 14.9. The van der Waals surface area contributed by atoms with Crippen LogP contribution in [0.2, 0.25) is 10.0 Å². The van der Waals surface area contributed by atoms with Gasteiger partial charge in [0.15, 0.2) is 5.75 Å². The first-order valence-electron chi connectivity index (χ1n) is 5.68. The molecule has 0 amide bonds. The van der Waals surface area contributed by atoms with Gasteiger partial charge in [-0.25, -0.2) is 8.42 Å². The van der Waals surface area contributed by atoms with E-state index in [-0.39, 0.29) is 33.8 Å². The molecule has 0 aliphatic carbocycles. The van der Waals surface area contributed by atoms with Crippen molar-refractivity contribution in [2.45, 2.75) is 23.8 Å². The molecule has 2 N–H and O–H groups in total. The quantitative estimate of drug-likeness (QED) is 0.869. The first-order valence-corrected chi connectivity index (χ1v) is 7.88. The summed E-state index contributed by atoms with van der Waals surface area (Å²) in [6.07, 6.45) is 0.343. The predicted molar refractivity (Wildman–Crippen MR) is 72.1 cm³/mol. The molecule has 1 aromatic rings. The van der Waals surface area contributed by atoms with E-state index in [1.165, 1.54) is 16.4 Å². The number of benzene rings is 1. The number of aliphatic hydroxyl groups excluding tert-OH is 1. The molecule has 8 heteroatoms. The van der Waals surface area contributed by atoms with Gasteiger partial charge in [-0.05, 0) is 25.0 Å². The van der Waals surface area contributed by atoms with Crippen molar-refractivity contribution < 1.29 is 18.6 Å². The van der Waals surface area contributed by atoms with Crippen LogP contribution in [-0.4, -0.2) is 42.1 Å². The van der Waals surface area contributed by atoms with Crippen molar-refractivity contribution >= 4 is 33.2 Å². The third kappa shape index (κ3) is 2.98. The maximum atomic E-state index is 12.4. The average Bonchev–Trinajstić information content (AvgIpc) is 2.35. The highest BCUT2D eigenvalue weighted by molar-refractivity contribution is 7.89. The first-order chi connectivity index (χ1) is 8.82. The van der Waals surface area contributed by atoms with Crippen molar-refractivity contribution in [3.05, 3.63) is 22.2 Å². The smallest absolute Gasteiger partial charge is 0.243 e. The number of hydrogen-bond donors (Lipinski definition) is 2. The minimum Gasteiger partial charge on any atom is -0.505 e. The van der Waals surface area contributed by atoms with Crippen molar-refractivity contribution in [1.82, 2.24) is 4.31 Å². The molecule has 1 aliphatic rings. The number of sulfonamides is 1. The number of rotatable bonds is 2. The van der Waals surface area contributed by atoms with Crippen molar-refractivity contribution in [3.8, 4) is 5.75 Å². The third-order valence-corrected chi connectivity index (χ3v) is 5.50. The molecule has 5 nitrogen and oxygen atoms in total. The van der Waals surface area contributed by atoms with Crippen LogP contribution in [-0.2, 0) is 10.0 Å². The number of aliphatic hydroxyl groups is 1. The molecule has 106 valence electrons. The van der Waals surface area contributed by atoms with Crippen molar-refractivity contribution in [1.29, 1.82) is 0 Å². The van der Waals surface area contributed by atoms with Crippen molar-refractivity contribution in [2.75, 3.05) is 13.1 Å². The Balaban J connectivity index is 2.35. The molecule has 19 heavy (non-hydrogen) atoms. The average molecular weight is 326 g/mol. The van der Waals surface area contributed by atoms with Crippen LogP contribution in [0.1, 0.15) is 12.8 Å². The number of phenolic OH excluding ortho intramolecular Hbond substituents is 1. The van der Waals surface area contributed by atoms with E-state index in [4.69, 9.17) is 23.2 Å². The van der Waals surface area contributed by atoms with Crippen molar-refractivity contribution in [3.63, 3.8) is 0 Å². The topological polar surface area (TPSA) is 77.8 Å². The number of aromatic hydroxyl groups is 1. The van der Waals surface area contributed by atoms with Crippen LogP contribution in [0.25, 0.3) is 0 Å². The lowest BCUT2D eigenvalue weighted by Crippen LogP contribution is -2.39. The van der Waals surface area contributed by atoms with E-state index in [9.17, 15) is 18.6 Å². The van der Waals surface area contributed by atoms with Crippen LogP contribution >= 0.6 is 23.2 Å². The number of nitrogens with zero attached hydrogens (tertiary/aromatic N) is 1. The zero-order valence-electron chi connectivity index (χ0n) is 9.88. The second-order valence-electron chi connectivity index (χ2n) is 4.37. The summed E-state index contributed by atoms with van der Waals surface area (Å²) >= 11 is 11.5. The van der Waals surface area contributed by atoms with Crippen molar-refractivity contribution in [2.24, 2.45) is 0 Å². The fourth-order valence-electron chi connectivity index (χ4n) is 1.92. The van der Waals surface area contributed by atoms with E-state index >= 15 is 0 Å². The molecule has 0 spiro atoms. The number of halogens is 2. The molecular weight excluding hydrogens is 313 g/mol. The van der Waals surface area contributed by atoms with Gasteiger partial charge in [-0.3, -0.25) is 0 Å². The number of hydrogen-bond acceptors (Lipinski definition) is 4. The van der Waals surface area contributed by atoms with E-state index in [1.54, 1.807) is 0 Å². The van der Waals surface area contributed by atoms with Crippen LogP contribution < -0.4 is 0 Å². The van der Waals surface area contributed by atoms with E-state index in [0.29, 0.717) is 12.8 Å². The van der Waals surface area contributed by atoms with E-state index in [0.717, 1.165) is 0 Å². The fraction of sp³-hybridized carbons (Fsp3) is 0.455. The molecule has 0 radical (unpaired) electrons. The number of piperidine rings is 1. The van der Waals surface area contributed by atoms with Gasteiger partial charge in [-0.15, -0.1) is 0 Å². The highest BCUT2D eigenvalue weighted by Gasteiger charge is 2.29. The van der Waals surface area contributed by atoms with Gasteiger partial charge in [0.1, 0.15) is 0 Å². The van der Waals surface area contributed by atoms with E-state index < -0.39 is 16.1 Å². The third-order valence-electron chi connectivity index (χ3n) is 3.05. The molecule has 0 unspecified atom stereocenters. The van der Waals surface area contributed by atoms with Gasteiger partial charge in [0.25, 0.3) is 0 Å². The summed E-state index contributed by atoms with van der Waals surface area (Å²) in [6, 6.07) is 2.34. The Labute approximate surface area is 121 Å². The maximum Gasteiger partial charge on any atom is 0.243 e. The van der Waals surface area contributed by atoms with Gasteiger partial charge in [0.05, 0.1) is 21.0 Å². The highest BCUT2D eigenvalue weighted by Crippen LogP contribution is 2.35. The Morgan fingerprint density at radius 1 is 1.16 bits per heavy atom. The summed E-state index contributed by atoms with van der Waals surface area (Å²) in [4.78, 5) is -0.0586. The van der Waals surface area contributed by atoms with Crippen LogP contribution in [0.5, 0.6) is 5.75 Å². The Morgan fingerprint density at radius 2 is 1.63 bits per heavy atom.